The Morgan fingerprint density at radius 3 is 0.980 bits per heavy atom. The van der Waals surface area contributed by atoms with Crippen LogP contribution in [0.2, 0.25) is 0 Å². The number of esters is 2. The molecule has 0 aliphatic heterocycles. The number of ether oxygens (including phenoxy) is 2. The minimum absolute atomic E-state index is 0.108. The third kappa shape index (κ3) is 39.5. The van der Waals surface area contributed by atoms with Gasteiger partial charge in [-0.25, -0.2) is 0 Å². The van der Waals surface area contributed by atoms with Crippen LogP contribution in [0.1, 0.15) is 245 Å². The van der Waals surface area contributed by atoms with E-state index in [1.807, 2.05) is 0 Å². The van der Waals surface area contributed by atoms with Gasteiger partial charge in [0.2, 0.25) is 0 Å². The van der Waals surface area contributed by atoms with Gasteiger partial charge < -0.3 is 14.6 Å². The fraction of sp³-hybridized carbons (Fsp3) is 0.955. The molecule has 1 N–H and O–H groups in total. The minimum atomic E-state index is -0.956. The van der Waals surface area contributed by atoms with Crippen molar-refractivity contribution in [3.8, 4) is 0 Å². The Hall–Kier alpha value is -1.10. The molecule has 0 bridgehead atoms. The van der Waals surface area contributed by atoms with Gasteiger partial charge in [-0.2, -0.15) is 0 Å². The van der Waals surface area contributed by atoms with Gasteiger partial charge in [0.25, 0.3) is 0 Å². The van der Waals surface area contributed by atoms with Gasteiger partial charge in [0, 0.05) is 12.8 Å². The summed E-state index contributed by atoms with van der Waals surface area (Å²) < 4.78 is 10.4. The zero-order chi connectivity index (χ0) is 35.9. The molecule has 0 saturated carbocycles. The topological polar surface area (TPSA) is 72.8 Å². The van der Waals surface area contributed by atoms with Gasteiger partial charge in [-0.05, 0) is 18.8 Å². The van der Waals surface area contributed by atoms with E-state index in [2.05, 4.69) is 20.8 Å². The van der Waals surface area contributed by atoms with E-state index in [0.29, 0.717) is 12.8 Å². The number of hydrogen-bond donors (Lipinski definition) is 1. The van der Waals surface area contributed by atoms with Crippen LogP contribution in [0.3, 0.4) is 0 Å². The molecule has 0 fully saturated rings. The van der Waals surface area contributed by atoms with Gasteiger partial charge in [0.15, 0.2) is 0 Å². The summed E-state index contributed by atoms with van der Waals surface area (Å²) in [6.07, 6.45) is 43.0. The lowest BCUT2D eigenvalue weighted by molar-refractivity contribution is -0.152. The molecule has 0 aliphatic carbocycles. The molecule has 0 aromatic heterocycles. The molecule has 0 aromatic carbocycles. The number of rotatable bonds is 40. The van der Waals surface area contributed by atoms with Crippen LogP contribution in [0.25, 0.3) is 0 Å². The highest BCUT2D eigenvalue weighted by Crippen LogP contribution is 2.17. The molecule has 2 atom stereocenters. The monoisotopic (exact) mass is 695 g/mol. The Morgan fingerprint density at radius 2 is 0.694 bits per heavy atom. The molecule has 292 valence electrons. The van der Waals surface area contributed by atoms with Gasteiger partial charge in [0.05, 0.1) is 0 Å². The minimum Gasteiger partial charge on any atom is -0.463 e. The summed E-state index contributed by atoms with van der Waals surface area (Å²) in [7, 11) is 0. The van der Waals surface area contributed by atoms with Crippen LogP contribution >= 0.6 is 0 Å². The van der Waals surface area contributed by atoms with Crippen molar-refractivity contribution in [3.63, 3.8) is 0 Å². The molecule has 0 aromatic rings. The maximum Gasteiger partial charge on any atom is 0.305 e. The fourth-order valence-electron chi connectivity index (χ4n) is 6.65. The van der Waals surface area contributed by atoms with E-state index in [1.54, 1.807) is 0 Å². The molecular formula is C44H86O5. The highest BCUT2D eigenvalue weighted by molar-refractivity contribution is 5.69. The Balaban J connectivity index is 3.36. The molecule has 0 rings (SSSR count). The molecular weight excluding hydrogens is 608 g/mol. The Kier molecular flexibility index (Phi) is 38.8. The molecule has 5 nitrogen and oxygen atoms in total. The summed E-state index contributed by atoms with van der Waals surface area (Å²) in [5.74, 6) is 0.356. The van der Waals surface area contributed by atoms with Crippen molar-refractivity contribution >= 4 is 11.9 Å². The van der Waals surface area contributed by atoms with E-state index in [0.717, 1.165) is 31.6 Å². The van der Waals surface area contributed by atoms with Crippen molar-refractivity contribution < 1.29 is 24.2 Å². The molecule has 0 radical (unpaired) electrons. The van der Waals surface area contributed by atoms with E-state index < -0.39 is 6.10 Å². The summed E-state index contributed by atoms with van der Waals surface area (Å²) in [6, 6.07) is 0. The Morgan fingerprint density at radius 1 is 0.429 bits per heavy atom. The van der Waals surface area contributed by atoms with Gasteiger partial charge in [0.1, 0.15) is 19.3 Å². The van der Waals surface area contributed by atoms with E-state index in [1.165, 1.54) is 186 Å². The molecule has 0 amide bonds. The maximum atomic E-state index is 12.0. The molecule has 1 unspecified atom stereocenters. The van der Waals surface area contributed by atoms with Crippen LogP contribution in [0.15, 0.2) is 0 Å². The maximum absolute atomic E-state index is 12.0. The van der Waals surface area contributed by atoms with E-state index in [9.17, 15) is 14.7 Å². The lowest BCUT2D eigenvalue weighted by atomic mass is 9.99. The summed E-state index contributed by atoms with van der Waals surface area (Å²) in [6.45, 7) is 6.73. The number of carbonyl (C=O) groups excluding carboxylic acids is 2. The summed E-state index contributed by atoms with van der Waals surface area (Å²) in [5, 5.41) is 10.0. The molecule has 0 aliphatic rings. The van der Waals surface area contributed by atoms with Crippen molar-refractivity contribution in [1.29, 1.82) is 0 Å². The van der Waals surface area contributed by atoms with Crippen molar-refractivity contribution in [3.05, 3.63) is 0 Å². The summed E-state index contributed by atoms with van der Waals surface area (Å²) in [5.41, 5.74) is 0. The van der Waals surface area contributed by atoms with Gasteiger partial charge in [-0.1, -0.05) is 220 Å². The lowest BCUT2D eigenvalue weighted by Gasteiger charge is -2.12. The molecule has 49 heavy (non-hydrogen) atoms. The average Bonchev–Trinajstić information content (AvgIpc) is 3.10. The largest absolute Gasteiger partial charge is 0.463 e. The molecule has 0 spiro atoms. The first-order valence-electron chi connectivity index (χ1n) is 22.0. The average molecular weight is 695 g/mol. The standard InChI is InChI=1S/C44H86O5/c1-4-6-7-8-9-10-11-12-13-14-15-19-22-25-28-31-34-37-43(46)48-39-42(45)40-49-44(47)38-35-32-29-26-23-20-17-16-18-21-24-27-30-33-36-41(3)5-2/h41-42,45H,4-40H2,1-3H3/t41?,42-/m1/s1. The van der Waals surface area contributed by atoms with Crippen LogP contribution in [-0.2, 0) is 19.1 Å². The van der Waals surface area contributed by atoms with E-state index in [4.69, 9.17) is 9.47 Å². The Bertz CT molecular complexity index is 680. The molecule has 5 heteroatoms. The molecule has 0 heterocycles. The lowest BCUT2D eigenvalue weighted by Crippen LogP contribution is -2.25. The summed E-state index contributed by atoms with van der Waals surface area (Å²) >= 11 is 0. The fourth-order valence-corrected chi connectivity index (χ4v) is 6.65. The first-order chi connectivity index (χ1) is 24.0. The second-order valence-corrected chi connectivity index (χ2v) is 15.4. The normalized spacial score (nSPS) is 12.7. The van der Waals surface area contributed by atoms with Gasteiger partial charge in [-0.15, -0.1) is 0 Å². The summed E-state index contributed by atoms with van der Waals surface area (Å²) in [4.78, 5) is 24.0. The van der Waals surface area contributed by atoms with Gasteiger partial charge >= 0.3 is 11.9 Å². The first-order valence-corrected chi connectivity index (χ1v) is 22.0. The number of hydrogen-bond acceptors (Lipinski definition) is 5. The zero-order valence-corrected chi connectivity index (χ0v) is 33.4. The van der Waals surface area contributed by atoms with E-state index >= 15 is 0 Å². The smallest absolute Gasteiger partial charge is 0.305 e. The number of carbonyl (C=O) groups is 2. The third-order valence-corrected chi connectivity index (χ3v) is 10.4. The number of unbranched alkanes of at least 4 members (excludes halogenated alkanes) is 29. The highest BCUT2D eigenvalue weighted by Gasteiger charge is 2.12. The second-order valence-electron chi connectivity index (χ2n) is 15.4. The van der Waals surface area contributed by atoms with Crippen molar-refractivity contribution in [2.45, 2.75) is 252 Å². The predicted molar refractivity (Wildman–Crippen MR) is 210 cm³/mol. The van der Waals surface area contributed by atoms with Gasteiger partial charge in [-0.3, -0.25) is 9.59 Å². The van der Waals surface area contributed by atoms with Crippen LogP contribution in [0.5, 0.6) is 0 Å². The Labute approximate surface area is 306 Å². The second kappa shape index (κ2) is 39.7. The van der Waals surface area contributed by atoms with Crippen molar-refractivity contribution in [2.24, 2.45) is 5.92 Å². The van der Waals surface area contributed by atoms with Crippen LogP contribution in [0.4, 0.5) is 0 Å². The first kappa shape index (κ1) is 47.9. The number of aliphatic hydroxyl groups excluding tert-OH is 1. The van der Waals surface area contributed by atoms with E-state index in [-0.39, 0.29) is 25.2 Å². The van der Waals surface area contributed by atoms with Crippen LogP contribution in [-0.4, -0.2) is 36.4 Å². The quantitative estimate of drug-likeness (QED) is 0.0510. The van der Waals surface area contributed by atoms with Crippen LogP contribution < -0.4 is 0 Å². The number of aliphatic hydroxyl groups is 1. The highest BCUT2D eigenvalue weighted by atomic mass is 16.6. The zero-order valence-electron chi connectivity index (χ0n) is 33.4. The SMILES string of the molecule is CCCCCCCCCCCCCCCCCCCC(=O)OC[C@@H](O)COC(=O)CCCCCCCCCCCCCCCCC(C)CC. The van der Waals surface area contributed by atoms with Crippen molar-refractivity contribution in [1.82, 2.24) is 0 Å². The van der Waals surface area contributed by atoms with Crippen LogP contribution in [0, 0.1) is 5.92 Å². The predicted octanol–water partition coefficient (Wildman–Crippen LogP) is 13.8. The molecule has 0 saturated heterocycles. The third-order valence-electron chi connectivity index (χ3n) is 10.4. The van der Waals surface area contributed by atoms with Crippen molar-refractivity contribution in [2.75, 3.05) is 13.2 Å².